The van der Waals surface area contributed by atoms with Gasteiger partial charge in [-0.15, -0.1) is 0 Å². The summed E-state index contributed by atoms with van der Waals surface area (Å²) < 4.78 is 4.63. The van der Waals surface area contributed by atoms with Gasteiger partial charge in [0.25, 0.3) is 0 Å². The lowest BCUT2D eigenvalue weighted by molar-refractivity contribution is -0.117. The minimum absolute atomic E-state index is 0.287. The monoisotopic (exact) mass is 318 g/mol. The highest BCUT2D eigenvalue weighted by atomic mass is 35.5. The van der Waals surface area contributed by atoms with Crippen LogP contribution in [0, 0.1) is 0 Å². The predicted molar refractivity (Wildman–Crippen MR) is 84.8 cm³/mol. The molecule has 0 aromatic heterocycles. The van der Waals surface area contributed by atoms with E-state index >= 15 is 0 Å². The fourth-order valence-electron chi connectivity index (χ4n) is 1.89. The maximum atomic E-state index is 12.2. The standard InChI is InChI=1S/C16H15ClN2O3/c1-22-16(21)11-7-8-12(17)13(9-11)19-15(20)14(18)10-5-3-2-4-6-10/h2-9,14H,18H2,1H3,(H,19,20)/t14-/m0/s1. The maximum Gasteiger partial charge on any atom is 0.337 e. The van der Waals surface area contributed by atoms with Crippen molar-refractivity contribution in [2.45, 2.75) is 6.04 Å². The molecule has 22 heavy (non-hydrogen) atoms. The van der Waals surface area contributed by atoms with Crippen LogP contribution in [0.2, 0.25) is 5.02 Å². The van der Waals surface area contributed by atoms with Crippen LogP contribution in [0.25, 0.3) is 0 Å². The predicted octanol–water partition coefficient (Wildman–Crippen LogP) is 2.77. The zero-order valence-electron chi connectivity index (χ0n) is 11.9. The van der Waals surface area contributed by atoms with Crippen molar-refractivity contribution in [3.8, 4) is 0 Å². The number of carbonyl (C=O) groups excluding carboxylic acids is 2. The third-order valence-electron chi connectivity index (χ3n) is 3.09. The van der Waals surface area contributed by atoms with Gasteiger partial charge in [-0.2, -0.15) is 0 Å². The second-order valence-electron chi connectivity index (χ2n) is 4.56. The van der Waals surface area contributed by atoms with Crippen molar-refractivity contribution in [1.82, 2.24) is 0 Å². The van der Waals surface area contributed by atoms with E-state index in [1.54, 1.807) is 24.3 Å². The van der Waals surface area contributed by atoms with Crippen LogP contribution in [0.3, 0.4) is 0 Å². The molecule has 5 nitrogen and oxygen atoms in total. The fraction of sp³-hybridized carbons (Fsp3) is 0.125. The normalized spacial score (nSPS) is 11.6. The Morgan fingerprint density at radius 2 is 1.86 bits per heavy atom. The summed E-state index contributed by atoms with van der Waals surface area (Å²) in [7, 11) is 1.28. The third kappa shape index (κ3) is 3.63. The van der Waals surface area contributed by atoms with E-state index < -0.39 is 17.9 Å². The van der Waals surface area contributed by atoms with E-state index in [9.17, 15) is 9.59 Å². The van der Waals surface area contributed by atoms with Crippen molar-refractivity contribution in [3.63, 3.8) is 0 Å². The van der Waals surface area contributed by atoms with E-state index in [1.807, 2.05) is 6.07 Å². The minimum atomic E-state index is -0.834. The molecule has 0 spiro atoms. The first-order chi connectivity index (χ1) is 10.5. The van der Waals surface area contributed by atoms with Crippen LogP contribution in [-0.2, 0) is 9.53 Å². The molecule has 1 atom stereocenters. The molecule has 0 unspecified atom stereocenters. The van der Waals surface area contributed by atoms with Crippen molar-refractivity contribution in [1.29, 1.82) is 0 Å². The van der Waals surface area contributed by atoms with Gasteiger partial charge >= 0.3 is 5.97 Å². The first-order valence-electron chi connectivity index (χ1n) is 6.52. The van der Waals surface area contributed by atoms with Crippen molar-refractivity contribution in [2.24, 2.45) is 5.73 Å². The molecule has 1 amide bonds. The quantitative estimate of drug-likeness (QED) is 0.849. The number of anilines is 1. The SMILES string of the molecule is COC(=O)c1ccc(Cl)c(NC(=O)[C@@H](N)c2ccccc2)c1. The van der Waals surface area contributed by atoms with Gasteiger partial charge < -0.3 is 15.8 Å². The largest absolute Gasteiger partial charge is 0.465 e. The second-order valence-corrected chi connectivity index (χ2v) is 4.97. The number of amides is 1. The minimum Gasteiger partial charge on any atom is -0.465 e. The average molecular weight is 319 g/mol. The van der Waals surface area contributed by atoms with Crippen molar-refractivity contribution in [3.05, 3.63) is 64.7 Å². The van der Waals surface area contributed by atoms with E-state index in [-0.39, 0.29) is 5.56 Å². The highest BCUT2D eigenvalue weighted by molar-refractivity contribution is 6.34. The van der Waals surface area contributed by atoms with Crippen LogP contribution >= 0.6 is 11.6 Å². The lowest BCUT2D eigenvalue weighted by Crippen LogP contribution is -2.27. The molecule has 2 aromatic carbocycles. The van der Waals surface area contributed by atoms with Gasteiger partial charge in [-0.1, -0.05) is 41.9 Å². The van der Waals surface area contributed by atoms with Crippen LogP contribution in [-0.4, -0.2) is 19.0 Å². The molecule has 6 heteroatoms. The topological polar surface area (TPSA) is 81.4 Å². The number of hydrogen-bond donors (Lipinski definition) is 2. The van der Waals surface area contributed by atoms with Gasteiger partial charge in [0.15, 0.2) is 0 Å². The number of ether oxygens (including phenoxy) is 1. The Bertz CT molecular complexity index is 689. The number of nitrogens with one attached hydrogen (secondary N) is 1. The fourth-order valence-corrected chi connectivity index (χ4v) is 2.05. The van der Waals surface area contributed by atoms with Crippen molar-refractivity contribution >= 4 is 29.2 Å². The molecular weight excluding hydrogens is 304 g/mol. The summed E-state index contributed by atoms with van der Waals surface area (Å²) in [5.74, 6) is -0.936. The van der Waals surface area contributed by atoms with E-state index in [4.69, 9.17) is 17.3 Å². The van der Waals surface area contributed by atoms with Crippen LogP contribution in [0.4, 0.5) is 5.69 Å². The van der Waals surface area contributed by atoms with Crippen LogP contribution in [0.5, 0.6) is 0 Å². The summed E-state index contributed by atoms with van der Waals surface area (Å²) in [5.41, 5.74) is 7.19. The number of esters is 1. The highest BCUT2D eigenvalue weighted by Crippen LogP contribution is 2.24. The maximum absolute atomic E-state index is 12.2. The molecule has 3 N–H and O–H groups in total. The number of methoxy groups -OCH3 is 1. The van der Waals surface area contributed by atoms with Gasteiger partial charge in [0.1, 0.15) is 6.04 Å². The lowest BCUT2D eigenvalue weighted by atomic mass is 10.1. The van der Waals surface area contributed by atoms with Crippen molar-refractivity contribution in [2.75, 3.05) is 12.4 Å². The van der Waals surface area contributed by atoms with Gasteiger partial charge in [0.05, 0.1) is 23.4 Å². The Labute approximate surface area is 133 Å². The van der Waals surface area contributed by atoms with Crippen molar-refractivity contribution < 1.29 is 14.3 Å². The number of rotatable bonds is 4. The molecule has 0 saturated carbocycles. The van der Waals surface area contributed by atoms with E-state index in [0.717, 1.165) is 0 Å². The highest BCUT2D eigenvalue weighted by Gasteiger charge is 2.17. The van der Waals surface area contributed by atoms with E-state index in [2.05, 4.69) is 10.1 Å². The number of halogens is 1. The van der Waals surface area contributed by atoms with E-state index in [1.165, 1.54) is 25.3 Å². The summed E-state index contributed by atoms with van der Waals surface area (Å²) in [5, 5.41) is 2.93. The average Bonchev–Trinajstić information content (AvgIpc) is 2.56. The zero-order chi connectivity index (χ0) is 16.1. The molecule has 0 radical (unpaired) electrons. The molecule has 2 aromatic rings. The molecular formula is C16H15ClN2O3. The molecule has 0 saturated heterocycles. The Balaban J connectivity index is 2.19. The van der Waals surface area contributed by atoms with E-state index in [0.29, 0.717) is 16.3 Å². The lowest BCUT2D eigenvalue weighted by Gasteiger charge is -2.14. The number of nitrogens with two attached hydrogens (primary N) is 1. The zero-order valence-corrected chi connectivity index (χ0v) is 12.6. The third-order valence-corrected chi connectivity index (χ3v) is 3.42. The second kappa shape index (κ2) is 7.06. The first kappa shape index (κ1) is 16.0. The summed E-state index contributed by atoms with van der Waals surface area (Å²) in [6.45, 7) is 0. The van der Waals surface area contributed by atoms with Crippen LogP contribution < -0.4 is 11.1 Å². The Hall–Kier alpha value is -2.37. The molecule has 114 valence electrons. The van der Waals surface area contributed by atoms with Gasteiger partial charge in [-0.3, -0.25) is 4.79 Å². The molecule has 0 aliphatic carbocycles. The Kier molecular flexibility index (Phi) is 5.14. The molecule has 0 aliphatic rings. The Morgan fingerprint density at radius 3 is 2.50 bits per heavy atom. The van der Waals surface area contributed by atoms with Crippen LogP contribution in [0.1, 0.15) is 22.0 Å². The summed E-state index contributed by atoms with van der Waals surface area (Å²) in [4.78, 5) is 23.7. The Morgan fingerprint density at radius 1 is 1.18 bits per heavy atom. The van der Waals surface area contributed by atoms with Gasteiger partial charge in [-0.05, 0) is 23.8 Å². The first-order valence-corrected chi connectivity index (χ1v) is 6.90. The molecule has 0 aliphatic heterocycles. The molecule has 2 rings (SSSR count). The van der Waals surface area contributed by atoms with Gasteiger partial charge in [0, 0.05) is 0 Å². The summed E-state index contributed by atoms with van der Waals surface area (Å²) in [6, 6.07) is 12.6. The smallest absolute Gasteiger partial charge is 0.337 e. The molecule has 0 fully saturated rings. The molecule has 0 heterocycles. The summed E-state index contributed by atoms with van der Waals surface area (Å²) in [6.07, 6.45) is 0. The van der Waals surface area contributed by atoms with Gasteiger partial charge in [0.2, 0.25) is 5.91 Å². The number of carbonyl (C=O) groups is 2. The van der Waals surface area contributed by atoms with Gasteiger partial charge in [-0.25, -0.2) is 4.79 Å². The van der Waals surface area contributed by atoms with Crippen LogP contribution in [0.15, 0.2) is 48.5 Å². The summed E-state index contributed by atoms with van der Waals surface area (Å²) >= 11 is 6.03. The number of benzene rings is 2. The molecule has 0 bridgehead atoms. The number of hydrogen-bond acceptors (Lipinski definition) is 4.